The second-order valence-corrected chi connectivity index (χ2v) is 5.42. The van der Waals surface area contributed by atoms with Crippen LogP contribution in [-0.2, 0) is 0 Å². The summed E-state index contributed by atoms with van der Waals surface area (Å²) >= 11 is 5.92. The van der Waals surface area contributed by atoms with Gasteiger partial charge in [0.15, 0.2) is 6.29 Å². The van der Waals surface area contributed by atoms with Crippen molar-refractivity contribution < 1.29 is 4.79 Å². The van der Waals surface area contributed by atoms with E-state index in [1.165, 1.54) is 5.69 Å². The minimum Gasteiger partial charge on any atom is -0.368 e. The van der Waals surface area contributed by atoms with Gasteiger partial charge in [-0.25, -0.2) is 4.98 Å². The Morgan fingerprint density at radius 1 is 1.00 bits per heavy atom. The van der Waals surface area contributed by atoms with Crippen LogP contribution in [0.3, 0.4) is 0 Å². The number of benzene rings is 1. The maximum atomic E-state index is 11.1. The number of hydrogen-bond acceptors (Lipinski definition) is 4. The summed E-state index contributed by atoms with van der Waals surface area (Å²) < 4.78 is 0. The second-order valence-electron chi connectivity index (χ2n) is 4.98. The Labute approximate surface area is 129 Å². The third-order valence-corrected chi connectivity index (χ3v) is 3.97. The van der Waals surface area contributed by atoms with Crippen molar-refractivity contribution >= 4 is 29.4 Å². The smallest absolute Gasteiger partial charge is 0.153 e. The molecule has 1 aromatic heterocycles. The largest absolute Gasteiger partial charge is 0.368 e. The summed E-state index contributed by atoms with van der Waals surface area (Å²) in [6, 6.07) is 11.5. The van der Waals surface area contributed by atoms with Gasteiger partial charge in [0, 0.05) is 43.1 Å². The number of piperazine rings is 1. The predicted octanol–water partition coefficient (Wildman–Crippen LogP) is 2.87. The normalized spacial score (nSPS) is 15.1. The molecule has 21 heavy (non-hydrogen) atoms. The Hall–Kier alpha value is -2.07. The van der Waals surface area contributed by atoms with E-state index in [0.717, 1.165) is 43.3 Å². The summed E-state index contributed by atoms with van der Waals surface area (Å²) in [4.78, 5) is 19.9. The van der Waals surface area contributed by atoms with Crippen molar-refractivity contribution in [3.63, 3.8) is 0 Å². The van der Waals surface area contributed by atoms with Crippen molar-refractivity contribution in [3.05, 3.63) is 53.2 Å². The van der Waals surface area contributed by atoms with Crippen LogP contribution in [0.4, 0.5) is 11.5 Å². The highest BCUT2D eigenvalue weighted by molar-refractivity contribution is 6.30. The van der Waals surface area contributed by atoms with E-state index in [1.807, 2.05) is 24.3 Å². The molecule has 0 spiro atoms. The van der Waals surface area contributed by atoms with Gasteiger partial charge in [0.25, 0.3) is 0 Å². The van der Waals surface area contributed by atoms with Gasteiger partial charge in [-0.15, -0.1) is 0 Å². The minimum absolute atomic E-state index is 0.650. The van der Waals surface area contributed by atoms with Gasteiger partial charge >= 0.3 is 0 Å². The SMILES string of the molecule is O=Cc1cccnc1N1CCN(c2ccc(Cl)cc2)CC1. The maximum absolute atomic E-state index is 11.1. The molecule has 0 N–H and O–H groups in total. The zero-order valence-corrected chi connectivity index (χ0v) is 12.3. The lowest BCUT2D eigenvalue weighted by Gasteiger charge is -2.37. The molecule has 1 aliphatic rings. The molecule has 108 valence electrons. The Kier molecular flexibility index (Phi) is 4.06. The third-order valence-electron chi connectivity index (χ3n) is 3.71. The van der Waals surface area contributed by atoms with Crippen molar-refractivity contribution in [3.8, 4) is 0 Å². The Balaban J connectivity index is 1.70. The first-order valence-corrected chi connectivity index (χ1v) is 7.31. The van der Waals surface area contributed by atoms with E-state index in [9.17, 15) is 4.79 Å². The Morgan fingerprint density at radius 2 is 1.67 bits per heavy atom. The van der Waals surface area contributed by atoms with Crippen molar-refractivity contribution in [2.24, 2.45) is 0 Å². The van der Waals surface area contributed by atoms with Gasteiger partial charge in [-0.05, 0) is 36.4 Å². The van der Waals surface area contributed by atoms with Gasteiger partial charge < -0.3 is 9.80 Å². The van der Waals surface area contributed by atoms with Crippen molar-refractivity contribution in [2.75, 3.05) is 36.0 Å². The van der Waals surface area contributed by atoms with Crippen LogP contribution >= 0.6 is 11.6 Å². The molecular formula is C16H16ClN3O. The van der Waals surface area contributed by atoms with Crippen LogP contribution in [0.5, 0.6) is 0 Å². The number of hydrogen-bond donors (Lipinski definition) is 0. The van der Waals surface area contributed by atoms with Gasteiger partial charge in [0.1, 0.15) is 5.82 Å². The number of aldehydes is 1. The number of pyridine rings is 1. The Morgan fingerprint density at radius 3 is 2.33 bits per heavy atom. The number of anilines is 2. The van der Waals surface area contributed by atoms with Crippen LogP contribution < -0.4 is 9.80 Å². The summed E-state index contributed by atoms with van der Waals surface area (Å²) in [7, 11) is 0. The molecular weight excluding hydrogens is 286 g/mol. The highest BCUT2D eigenvalue weighted by Gasteiger charge is 2.20. The van der Waals surface area contributed by atoms with E-state index in [0.29, 0.717) is 5.56 Å². The van der Waals surface area contributed by atoms with E-state index in [2.05, 4.69) is 14.8 Å². The molecule has 2 aromatic rings. The van der Waals surface area contributed by atoms with Crippen molar-refractivity contribution in [2.45, 2.75) is 0 Å². The van der Waals surface area contributed by atoms with Crippen LogP contribution in [0.2, 0.25) is 5.02 Å². The topological polar surface area (TPSA) is 36.4 Å². The van der Waals surface area contributed by atoms with E-state index in [4.69, 9.17) is 11.6 Å². The van der Waals surface area contributed by atoms with Gasteiger partial charge in [0.2, 0.25) is 0 Å². The first-order chi connectivity index (χ1) is 10.3. The van der Waals surface area contributed by atoms with Gasteiger partial charge in [-0.2, -0.15) is 0 Å². The molecule has 5 heteroatoms. The molecule has 0 amide bonds. The fourth-order valence-electron chi connectivity index (χ4n) is 2.59. The van der Waals surface area contributed by atoms with E-state index in [-0.39, 0.29) is 0 Å². The lowest BCUT2D eigenvalue weighted by molar-refractivity contribution is 0.112. The summed E-state index contributed by atoms with van der Waals surface area (Å²) in [5, 5.41) is 0.751. The molecule has 3 rings (SSSR count). The molecule has 4 nitrogen and oxygen atoms in total. The fourth-order valence-corrected chi connectivity index (χ4v) is 2.72. The fraction of sp³-hybridized carbons (Fsp3) is 0.250. The highest BCUT2D eigenvalue weighted by atomic mass is 35.5. The number of rotatable bonds is 3. The van der Waals surface area contributed by atoms with Crippen LogP contribution in [-0.4, -0.2) is 37.4 Å². The molecule has 1 saturated heterocycles. The molecule has 1 fully saturated rings. The Bertz CT molecular complexity index is 622. The lowest BCUT2D eigenvalue weighted by atomic mass is 10.2. The molecule has 0 aliphatic carbocycles. The van der Waals surface area contributed by atoms with Crippen LogP contribution in [0.15, 0.2) is 42.6 Å². The standard InChI is InChI=1S/C16H16ClN3O/c17-14-3-5-15(6-4-14)19-8-10-20(11-9-19)16-13(12-21)2-1-7-18-16/h1-7,12H,8-11H2. The average molecular weight is 302 g/mol. The van der Waals surface area contributed by atoms with E-state index >= 15 is 0 Å². The number of aromatic nitrogens is 1. The number of carbonyl (C=O) groups excluding carboxylic acids is 1. The molecule has 1 aromatic carbocycles. The molecule has 0 radical (unpaired) electrons. The molecule has 0 atom stereocenters. The molecule has 0 unspecified atom stereocenters. The number of nitrogens with zero attached hydrogens (tertiary/aromatic N) is 3. The monoisotopic (exact) mass is 301 g/mol. The third kappa shape index (κ3) is 3.00. The number of halogens is 1. The minimum atomic E-state index is 0.650. The molecule has 1 aliphatic heterocycles. The first kappa shape index (κ1) is 13.9. The lowest BCUT2D eigenvalue weighted by Crippen LogP contribution is -2.47. The summed E-state index contributed by atoms with van der Waals surface area (Å²) in [5.74, 6) is 0.781. The highest BCUT2D eigenvalue weighted by Crippen LogP contribution is 2.22. The van der Waals surface area contributed by atoms with E-state index < -0.39 is 0 Å². The van der Waals surface area contributed by atoms with Gasteiger partial charge in [-0.1, -0.05) is 11.6 Å². The van der Waals surface area contributed by atoms with Crippen LogP contribution in [0.1, 0.15) is 10.4 Å². The maximum Gasteiger partial charge on any atom is 0.153 e. The second kappa shape index (κ2) is 6.14. The number of carbonyl (C=O) groups is 1. The molecule has 0 bridgehead atoms. The van der Waals surface area contributed by atoms with Crippen LogP contribution in [0.25, 0.3) is 0 Å². The quantitative estimate of drug-likeness (QED) is 0.817. The zero-order valence-electron chi connectivity index (χ0n) is 11.6. The summed E-state index contributed by atoms with van der Waals surface area (Å²) in [5.41, 5.74) is 1.83. The van der Waals surface area contributed by atoms with Gasteiger partial charge in [0.05, 0.1) is 5.56 Å². The zero-order chi connectivity index (χ0) is 14.7. The molecule has 2 heterocycles. The van der Waals surface area contributed by atoms with Gasteiger partial charge in [-0.3, -0.25) is 4.79 Å². The van der Waals surface area contributed by atoms with Crippen molar-refractivity contribution in [1.29, 1.82) is 0 Å². The van der Waals surface area contributed by atoms with Crippen molar-refractivity contribution in [1.82, 2.24) is 4.98 Å². The summed E-state index contributed by atoms with van der Waals surface area (Å²) in [6.45, 7) is 3.49. The summed E-state index contributed by atoms with van der Waals surface area (Å²) in [6.07, 6.45) is 2.60. The molecule has 0 saturated carbocycles. The van der Waals surface area contributed by atoms with Crippen LogP contribution in [0, 0.1) is 0 Å². The van der Waals surface area contributed by atoms with E-state index in [1.54, 1.807) is 18.3 Å². The average Bonchev–Trinajstić information content (AvgIpc) is 2.56. The predicted molar refractivity (Wildman–Crippen MR) is 85.5 cm³/mol. The first-order valence-electron chi connectivity index (χ1n) is 6.93.